The summed E-state index contributed by atoms with van der Waals surface area (Å²) in [5, 5.41) is 13.5. The number of carbonyl (C=O) groups excluding carboxylic acids is 1. The molecule has 0 aliphatic rings. The summed E-state index contributed by atoms with van der Waals surface area (Å²) in [7, 11) is 0. The molecule has 0 aliphatic heterocycles. The van der Waals surface area contributed by atoms with Gasteiger partial charge in [0.1, 0.15) is 0 Å². The number of carbonyl (C=O) groups is 1. The van der Waals surface area contributed by atoms with Crippen molar-refractivity contribution in [2.24, 2.45) is 0 Å². The van der Waals surface area contributed by atoms with Crippen molar-refractivity contribution >= 4 is 46.6 Å². The summed E-state index contributed by atoms with van der Waals surface area (Å²) in [6.07, 6.45) is 1.08. The fourth-order valence-electron chi connectivity index (χ4n) is 3.46. The highest BCUT2D eigenvalue weighted by molar-refractivity contribution is 7.99. The Morgan fingerprint density at radius 2 is 1.71 bits per heavy atom. The van der Waals surface area contributed by atoms with Gasteiger partial charge in [-0.05, 0) is 66.4 Å². The van der Waals surface area contributed by atoms with E-state index in [0.717, 1.165) is 23.4 Å². The van der Waals surface area contributed by atoms with E-state index in [2.05, 4.69) is 41.5 Å². The van der Waals surface area contributed by atoms with Crippen molar-refractivity contribution in [2.45, 2.75) is 31.3 Å². The predicted octanol–water partition coefficient (Wildman–Crippen LogP) is 7.49. The molecule has 0 spiro atoms. The quantitative estimate of drug-likeness (QED) is 0.249. The van der Waals surface area contributed by atoms with Crippen LogP contribution in [0.25, 0.3) is 17.1 Å². The van der Waals surface area contributed by atoms with Gasteiger partial charge in [0.25, 0.3) is 0 Å². The second kappa shape index (κ2) is 11.1. The van der Waals surface area contributed by atoms with Gasteiger partial charge in [-0.3, -0.25) is 9.36 Å². The first-order valence-corrected chi connectivity index (χ1v) is 12.7. The Balaban J connectivity index is 1.54. The van der Waals surface area contributed by atoms with Gasteiger partial charge in [0.05, 0.1) is 10.8 Å². The molecule has 4 rings (SSSR count). The number of benzene rings is 3. The Morgan fingerprint density at radius 1 is 1.00 bits per heavy atom. The van der Waals surface area contributed by atoms with Crippen LogP contribution in [-0.4, -0.2) is 26.4 Å². The van der Waals surface area contributed by atoms with Crippen LogP contribution in [-0.2, 0) is 4.79 Å². The van der Waals surface area contributed by atoms with Gasteiger partial charge >= 0.3 is 0 Å². The second-order valence-corrected chi connectivity index (χ2v) is 9.65. The van der Waals surface area contributed by atoms with E-state index >= 15 is 0 Å². The maximum Gasteiger partial charge on any atom is 0.234 e. The van der Waals surface area contributed by atoms with Gasteiger partial charge in [0, 0.05) is 22.0 Å². The smallest absolute Gasteiger partial charge is 0.234 e. The van der Waals surface area contributed by atoms with Crippen LogP contribution >= 0.6 is 35.0 Å². The van der Waals surface area contributed by atoms with Gasteiger partial charge in [-0.15, -0.1) is 10.2 Å². The van der Waals surface area contributed by atoms with E-state index in [1.807, 2.05) is 53.1 Å². The molecule has 8 heteroatoms. The number of rotatable bonds is 8. The molecule has 0 unspecified atom stereocenters. The zero-order valence-corrected chi connectivity index (χ0v) is 21.2. The Kier molecular flexibility index (Phi) is 7.93. The van der Waals surface area contributed by atoms with Gasteiger partial charge in [0.15, 0.2) is 11.0 Å². The van der Waals surface area contributed by atoms with E-state index in [0.29, 0.717) is 26.9 Å². The van der Waals surface area contributed by atoms with E-state index in [-0.39, 0.29) is 11.7 Å². The topological polar surface area (TPSA) is 59.8 Å². The van der Waals surface area contributed by atoms with Crippen molar-refractivity contribution in [2.75, 3.05) is 11.1 Å². The average Bonchev–Trinajstić information content (AvgIpc) is 3.27. The summed E-state index contributed by atoms with van der Waals surface area (Å²) in [6, 6.07) is 22.8. The van der Waals surface area contributed by atoms with Crippen LogP contribution < -0.4 is 5.32 Å². The van der Waals surface area contributed by atoms with Gasteiger partial charge in [-0.2, -0.15) is 0 Å². The monoisotopic (exact) mass is 510 g/mol. The number of halogens is 2. The fraction of sp³-hybridized carbons (Fsp3) is 0.192. The van der Waals surface area contributed by atoms with Crippen LogP contribution in [0.2, 0.25) is 10.0 Å². The van der Waals surface area contributed by atoms with Crippen LogP contribution in [0.15, 0.2) is 78.0 Å². The number of anilines is 1. The van der Waals surface area contributed by atoms with Crippen LogP contribution in [0.3, 0.4) is 0 Å². The minimum Gasteiger partial charge on any atom is -0.325 e. The molecule has 1 amide bonds. The number of thioether (sulfide) groups is 1. The zero-order valence-electron chi connectivity index (χ0n) is 18.8. The van der Waals surface area contributed by atoms with Crippen molar-refractivity contribution in [3.8, 4) is 17.1 Å². The Bertz CT molecular complexity index is 1270. The Hall–Kier alpha value is -2.80. The molecule has 1 atom stereocenters. The molecule has 1 N–H and O–H groups in total. The Morgan fingerprint density at radius 3 is 2.38 bits per heavy atom. The van der Waals surface area contributed by atoms with E-state index in [9.17, 15) is 4.79 Å². The van der Waals surface area contributed by atoms with E-state index in [4.69, 9.17) is 23.2 Å². The predicted molar refractivity (Wildman–Crippen MR) is 141 cm³/mol. The van der Waals surface area contributed by atoms with Crippen molar-refractivity contribution < 1.29 is 4.79 Å². The van der Waals surface area contributed by atoms with E-state index in [1.54, 1.807) is 12.1 Å². The van der Waals surface area contributed by atoms with Crippen molar-refractivity contribution in [1.29, 1.82) is 0 Å². The van der Waals surface area contributed by atoms with Crippen LogP contribution in [0.5, 0.6) is 0 Å². The first-order valence-electron chi connectivity index (χ1n) is 10.9. The number of amides is 1. The standard InChI is InChI=1S/C26H24Cl2N4OS/c1-3-17(2)18-8-12-20(13-9-18)29-24(33)16-34-26-31-30-25(22-6-4-5-7-23(22)28)32(26)21-14-10-19(27)11-15-21/h4-15,17H,3,16H2,1-2H3,(H,29,33)/t17-/m1/s1. The molecule has 0 radical (unpaired) electrons. The van der Waals surface area contributed by atoms with E-state index < -0.39 is 0 Å². The van der Waals surface area contributed by atoms with Crippen molar-refractivity contribution in [1.82, 2.24) is 14.8 Å². The zero-order chi connectivity index (χ0) is 24.1. The third-order valence-electron chi connectivity index (χ3n) is 5.54. The third kappa shape index (κ3) is 5.63. The average molecular weight is 511 g/mol. The summed E-state index contributed by atoms with van der Waals surface area (Å²) in [4.78, 5) is 12.7. The normalized spacial score (nSPS) is 11.9. The highest BCUT2D eigenvalue weighted by Gasteiger charge is 2.19. The second-order valence-electron chi connectivity index (χ2n) is 7.87. The summed E-state index contributed by atoms with van der Waals surface area (Å²) in [5.41, 5.74) is 3.61. The van der Waals surface area contributed by atoms with Crippen LogP contribution in [0, 0.1) is 0 Å². The van der Waals surface area contributed by atoms with Gasteiger partial charge in [-0.1, -0.05) is 73.1 Å². The lowest BCUT2D eigenvalue weighted by molar-refractivity contribution is -0.113. The maximum absolute atomic E-state index is 12.7. The number of aromatic nitrogens is 3. The molecule has 0 saturated carbocycles. The molecule has 34 heavy (non-hydrogen) atoms. The van der Waals surface area contributed by atoms with Gasteiger partial charge < -0.3 is 5.32 Å². The fourth-order valence-corrected chi connectivity index (χ4v) is 4.56. The van der Waals surface area contributed by atoms with Gasteiger partial charge in [0.2, 0.25) is 5.91 Å². The minimum absolute atomic E-state index is 0.119. The minimum atomic E-state index is -0.119. The summed E-state index contributed by atoms with van der Waals surface area (Å²) in [5.74, 6) is 1.15. The number of nitrogens with zero attached hydrogens (tertiary/aromatic N) is 3. The molecule has 4 aromatic rings. The third-order valence-corrected chi connectivity index (χ3v) is 7.05. The first kappa shape index (κ1) is 24.3. The SMILES string of the molecule is CC[C@@H](C)c1ccc(NC(=O)CSc2nnc(-c3ccccc3Cl)n2-c2ccc(Cl)cc2)cc1. The summed E-state index contributed by atoms with van der Waals surface area (Å²) >= 11 is 13.8. The highest BCUT2D eigenvalue weighted by Crippen LogP contribution is 2.32. The number of hydrogen-bond donors (Lipinski definition) is 1. The lowest BCUT2D eigenvalue weighted by atomic mass is 9.99. The molecule has 1 aromatic heterocycles. The lowest BCUT2D eigenvalue weighted by Crippen LogP contribution is -2.14. The summed E-state index contributed by atoms with van der Waals surface area (Å²) in [6.45, 7) is 4.36. The highest BCUT2D eigenvalue weighted by atomic mass is 35.5. The molecule has 3 aromatic carbocycles. The number of hydrogen-bond acceptors (Lipinski definition) is 4. The molecule has 0 saturated heterocycles. The molecule has 5 nitrogen and oxygen atoms in total. The molecular weight excluding hydrogens is 487 g/mol. The molecule has 174 valence electrons. The van der Waals surface area contributed by atoms with Crippen LogP contribution in [0.1, 0.15) is 31.7 Å². The maximum atomic E-state index is 12.7. The van der Waals surface area contributed by atoms with Gasteiger partial charge in [-0.25, -0.2) is 0 Å². The summed E-state index contributed by atoms with van der Waals surface area (Å²) < 4.78 is 1.89. The Labute approximate surface area is 213 Å². The molecule has 1 heterocycles. The van der Waals surface area contributed by atoms with Crippen molar-refractivity contribution in [3.05, 3.63) is 88.4 Å². The molecule has 0 bridgehead atoms. The van der Waals surface area contributed by atoms with E-state index in [1.165, 1.54) is 17.3 Å². The van der Waals surface area contributed by atoms with Crippen molar-refractivity contribution in [3.63, 3.8) is 0 Å². The first-order chi connectivity index (χ1) is 16.5. The largest absolute Gasteiger partial charge is 0.325 e. The number of nitrogens with one attached hydrogen (secondary N) is 1. The molecule has 0 fully saturated rings. The lowest BCUT2D eigenvalue weighted by Gasteiger charge is -2.12. The molecule has 0 aliphatic carbocycles. The van der Waals surface area contributed by atoms with Crippen LogP contribution in [0.4, 0.5) is 5.69 Å². The molecular formula is C26H24Cl2N4OS.